The maximum Gasteiger partial charge on any atom is 0.161 e. The Kier molecular flexibility index (Phi) is 3.21. The number of nitrogens with one attached hydrogen (secondary N) is 1. The molecular weight excluding hydrogens is 302 g/mol. The molecule has 130 valence electrons. The summed E-state index contributed by atoms with van der Waals surface area (Å²) in [5.74, 6) is 1.64. The fourth-order valence-electron chi connectivity index (χ4n) is 4.12. The van der Waals surface area contributed by atoms with Crippen LogP contribution in [0.4, 0.5) is 17.1 Å². The lowest BCUT2D eigenvalue weighted by Gasteiger charge is -2.32. The summed E-state index contributed by atoms with van der Waals surface area (Å²) in [5, 5.41) is 13.9. The molecule has 0 spiro atoms. The van der Waals surface area contributed by atoms with Crippen molar-refractivity contribution in [2.24, 2.45) is 11.8 Å². The third-order valence-electron chi connectivity index (χ3n) is 6.16. The van der Waals surface area contributed by atoms with E-state index in [0.29, 0.717) is 11.3 Å². The summed E-state index contributed by atoms with van der Waals surface area (Å²) >= 11 is 0. The van der Waals surface area contributed by atoms with Gasteiger partial charge in [-0.25, -0.2) is 0 Å². The van der Waals surface area contributed by atoms with E-state index >= 15 is 0 Å². The van der Waals surface area contributed by atoms with Gasteiger partial charge in [-0.05, 0) is 64.0 Å². The molecule has 0 bridgehead atoms. The van der Waals surface area contributed by atoms with Crippen LogP contribution < -0.4 is 16.0 Å². The van der Waals surface area contributed by atoms with E-state index in [9.17, 15) is 9.90 Å². The van der Waals surface area contributed by atoms with Gasteiger partial charge < -0.3 is 21.1 Å². The van der Waals surface area contributed by atoms with E-state index in [0.717, 1.165) is 49.1 Å². The van der Waals surface area contributed by atoms with E-state index in [1.807, 2.05) is 19.9 Å². The van der Waals surface area contributed by atoms with Crippen LogP contribution >= 0.6 is 0 Å². The molecule has 2 saturated carbocycles. The SMILES string of the molecule is CC(=O)c1cc(N)c(NC2(C(C)(C)O)CC2)cc1N1CC2CC2C1. The maximum atomic E-state index is 12.1. The number of hydrogen-bond donors (Lipinski definition) is 3. The first-order chi connectivity index (χ1) is 11.2. The van der Waals surface area contributed by atoms with Crippen LogP contribution in [0.25, 0.3) is 0 Å². The third kappa shape index (κ3) is 2.46. The normalized spacial score (nSPS) is 26.9. The van der Waals surface area contributed by atoms with E-state index in [1.54, 1.807) is 13.0 Å². The molecule has 1 aromatic rings. The highest BCUT2D eigenvalue weighted by Gasteiger charge is 2.54. The van der Waals surface area contributed by atoms with Gasteiger partial charge in [-0.2, -0.15) is 0 Å². The summed E-state index contributed by atoms with van der Waals surface area (Å²) in [6, 6.07) is 3.81. The summed E-state index contributed by atoms with van der Waals surface area (Å²) in [4.78, 5) is 14.4. The average molecular weight is 329 g/mol. The van der Waals surface area contributed by atoms with Gasteiger partial charge in [0.2, 0.25) is 0 Å². The van der Waals surface area contributed by atoms with Crippen LogP contribution in [0.2, 0.25) is 0 Å². The topological polar surface area (TPSA) is 78.6 Å². The van der Waals surface area contributed by atoms with Crippen LogP contribution in [0, 0.1) is 11.8 Å². The van der Waals surface area contributed by atoms with E-state index in [2.05, 4.69) is 10.2 Å². The van der Waals surface area contributed by atoms with Gasteiger partial charge in [0.05, 0.1) is 22.5 Å². The highest BCUT2D eigenvalue weighted by molar-refractivity contribution is 6.02. The van der Waals surface area contributed by atoms with Crippen molar-refractivity contribution in [3.05, 3.63) is 17.7 Å². The summed E-state index contributed by atoms with van der Waals surface area (Å²) in [7, 11) is 0. The van der Waals surface area contributed by atoms with Crippen molar-refractivity contribution in [3.8, 4) is 0 Å². The number of ketones is 1. The van der Waals surface area contributed by atoms with Crippen LogP contribution in [0.1, 0.15) is 50.4 Å². The number of benzene rings is 1. The average Bonchev–Trinajstić information content (AvgIpc) is 3.39. The number of nitrogen functional groups attached to an aromatic ring is 1. The lowest BCUT2D eigenvalue weighted by Crippen LogP contribution is -2.44. The fraction of sp³-hybridized carbons (Fsp3) is 0.632. The Bertz CT molecular complexity index is 693. The highest BCUT2D eigenvalue weighted by atomic mass is 16.3. The minimum absolute atomic E-state index is 0.0486. The zero-order valence-corrected chi connectivity index (χ0v) is 14.7. The molecular formula is C19H27N3O2. The Morgan fingerprint density at radius 3 is 2.46 bits per heavy atom. The summed E-state index contributed by atoms with van der Waals surface area (Å²) in [6.07, 6.45) is 3.18. The van der Waals surface area contributed by atoms with Gasteiger partial charge >= 0.3 is 0 Å². The van der Waals surface area contributed by atoms with E-state index in [4.69, 9.17) is 5.73 Å². The van der Waals surface area contributed by atoms with Crippen molar-refractivity contribution in [3.63, 3.8) is 0 Å². The van der Waals surface area contributed by atoms with Crippen molar-refractivity contribution < 1.29 is 9.90 Å². The van der Waals surface area contributed by atoms with Crippen LogP contribution in [0.15, 0.2) is 12.1 Å². The summed E-state index contributed by atoms with van der Waals surface area (Å²) in [5.41, 5.74) is 8.19. The van der Waals surface area contributed by atoms with Crippen LogP contribution in [0.3, 0.4) is 0 Å². The number of nitrogens with zero attached hydrogens (tertiary/aromatic N) is 1. The molecule has 5 heteroatoms. The van der Waals surface area contributed by atoms with Gasteiger partial charge in [-0.15, -0.1) is 0 Å². The molecule has 24 heavy (non-hydrogen) atoms. The second-order valence-corrected chi connectivity index (χ2v) is 8.44. The molecule has 1 aliphatic heterocycles. The highest BCUT2D eigenvalue weighted by Crippen LogP contribution is 2.50. The van der Waals surface area contributed by atoms with Crippen LogP contribution in [0.5, 0.6) is 0 Å². The van der Waals surface area contributed by atoms with E-state index in [-0.39, 0.29) is 11.3 Å². The van der Waals surface area contributed by atoms with Crippen molar-refractivity contribution in [1.82, 2.24) is 0 Å². The Morgan fingerprint density at radius 1 is 1.33 bits per heavy atom. The van der Waals surface area contributed by atoms with Gasteiger partial charge in [-0.1, -0.05) is 0 Å². The number of rotatable bonds is 5. The standard InChI is InChI=1S/C19H27N3O2/c1-11(23)14-7-15(20)16(21-19(4-5-19)18(2,3)24)8-17(14)22-9-12-6-13(12)10-22/h7-8,12-13,21,24H,4-6,9-10,20H2,1-3H3. The minimum Gasteiger partial charge on any atom is -0.397 e. The molecule has 4 N–H and O–H groups in total. The van der Waals surface area contributed by atoms with Gasteiger partial charge in [0.15, 0.2) is 5.78 Å². The Labute approximate surface area is 143 Å². The van der Waals surface area contributed by atoms with Crippen molar-refractivity contribution in [1.29, 1.82) is 0 Å². The Balaban J connectivity index is 1.69. The van der Waals surface area contributed by atoms with E-state index in [1.165, 1.54) is 6.42 Å². The molecule has 1 saturated heterocycles. The quantitative estimate of drug-likeness (QED) is 0.572. The molecule has 1 heterocycles. The largest absolute Gasteiger partial charge is 0.397 e. The van der Waals surface area contributed by atoms with E-state index < -0.39 is 5.60 Å². The zero-order valence-electron chi connectivity index (χ0n) is 14.7. The smallest absolute Gasteiger partial charge is 0.161 e. The molecule has 5 nitrogen and oxygen atoms in total. The Morgan fingerprint density at radius 2 is 1.96 bits per heavy atom. The number of carbonyl (C=O) groups is 1. The van der Waals surface area contributed by atoms with Crippen molar-refractivity contribution >= 4 is 22.8 Å². The molecule has 2 unspecified atom stereocenters. The number of anilines is 3. The molecule has 2 atom stereocenters. The molecule has 4 rings (SSSR count). The second kappa shape index (κ2) is 4.88. The lowest BCUT2D eigenvalue weighted by molar-refractivity contribution is 0.0495. The first kappa shape index (κ1) is 15.8. The first-order valence-electron chi connectivity index (χ1n) is 8.90. The zero-order chi connectivity index (χ0) is 17.3. The monoisotopic (exact) mass is 329 g/mol. The predicted octanol–water partition coefficient (Wildman–Crippen LogP) is 2.64. The van der Waals surface area contributed by atoms with Crippen molar-refractivity contribution in [2.45, 2.75) is 51.2 Å². The molecule has 0 amide bonds. The first-order valence-corrected chi connectivity index (χ1v) is 8.90. The molecule has 0 radical (unpaired) electrons. The van der Waals surface area contributed by atoms with Gasteiger partial charge in [0, 0.05) is 24.3 Å². The van der Waals surface area contributed by atoms with Crippen molar-refractivity contribution in [2.75, 3.05) is 29.0 Å². The van der Waals surface area contributed by atoms with Gasteiger partial charge in [0.1, 0.15) is 0 Å². The molecule has 0 aromatic heterocycles. The van der Waals surface area contributed by atoms with Crippen LogP contribution in [-0.2, 0) is 0 Å². The number of fused-ring (bicyclic) bond motifs is 1. The summed E-state index contributed by atoms with van der Waals surface area (Å²) < 4.78 is 0. The second-order valence-electron chi connectivity index (χ2n) is 8.44. The predicted molar refractivity (Wildman–Crippen MR) is 96.6 cm³/mol. The minimum atomic E-state index is -0.811. The van der Waals surface area contributed by atoms with Crippen LogP contribution in [-0.4, -0.2) is 35.1 Å². The maximum absolute atomic E-state index is 12.1. The number of aliphatic hydroxyl groups is 1. The number of nitrogens with two attached hydrogens (primary N) is 1. The summed E-state index contributed by atoms with van der Waals surface area (Å²) in [6.45, 7) is 7.33. The fourth-order valence-corrected chi connectivity index (χ4v) is 4.12. The third-order valence-corrected chi connectivity index (χ3v) is 6.16. The molecule has 3 aliphatic rings. The molecule has 3 fully saturated rings. The number of piperidine rings is 1. The van der Waals surface area contributed by atoms with Gasteiger partial charge in [0.25, 0.3) is 0 Å². The molecule has 2 aliphatic carbocycles. The number of hydrogen-bond acceptors (Lipinski definition) is 5. The van der Waals surface area contributed by atoms with Gasteiger partial charge in [-0.3, -0.25) is 4.79 Å². The number of carbonyl (C=O) groups excluding carboxylic acids is 1. The Hall–Kier alpha value is -1.75. The molecule has 1 aromatic carbocycles. The number of Topliss-reactive ketones (excluding diaryl/α,β-unsaturated/α-hetero) is 1. The lowest BCUT2D eigenvalue weighted by atomic mass is 9.95.